The van der Waals surface area contributed by atoms with Gasteiger partial charge in [0, 0.05) is 6.42 Å². The predicted octanol–water partition coefficient (Wildman–Crippen LogP) is 5.07. The molecule has 1 aliphatic rings. The Morgan fingerprint density at radius 3 is 2.86 bits per heavy atom. The molecule has 0 spiro atoms. The maximum atomic E-state index is 10.5. The maximum absolute atomic E-state index is 10.5. The number of hydrogen-bond acceptors (Lipinski definition) is 2. The van der Waals surface area contributed by atoms with Crippen molar-refractivity contribution in [2.45, 2.75) is 65.4 Å². The Morgan fingerprint density at radius 1 is 1.36 bits per heavy atom. The highest BCUT2D eigenvalue weighted by Gasteiger charge is 2.18. The molecule has 2 atom stereocenters. The predicted molar refractivity (Wildman–Crippen MR) is 91.8 cm³/mol. The first kappa shape index (κ1) is 17.1. The lowest BCUT2D eigenvalue weighted by molar-refractivity contribution is 0.102. The fraction of sp³-hybridized carbons (Fsp3) is 0.600. The minimum atomic E-state index is -0.720. The minimum absolute atomic E-state index is 0.491. The van der Waals surface area contributed by atoms with E-state index >= 15 is 0 Å². The molecule has 2 bridgehead atoms. The molecule has 1 aliphatic carbocycles. The lowest BCUT2D eigenvalue weighted by atomic mass is 9.87. The Kier molecular flexibility index (Phi) is 5.69. The SMILES string of the molecule is C/C1=C\CC[C@](C)(O)/C=C/[C@H](C(C)C)CCc2coc(c2)C1. The van der Waals surface area contributed by atoms with E-state index in [0.29, 0.717) is 11.8 Å². The van der Waals surface area contributed by atoms with Crippen LogP contribution in [0.25, 0.3) is 0 Å². The largest absolute Gasteiger partial charge is 0.469 e. The van der Waals surface area contributed by atoms with Crippen LogP contribution in [0.4, 0.5) is 0 Å². The van der Waals surface area contributed by atoms with Crippen LogP contribution in [0.2, 0.25) is 0 Å². The van der Waals surface area contributed by atoms with E-state index in [4.69, 9.17) is 4.42 Å². The van der Waals surface area contributed by atoms with Crippen molar-refractivity contribution in [1.82, 2.24) is 0 Å². The second kappa shape index (κ2) is 7.32. The third-order valence-corrected chi connectivity index (χ3v) is 4.63. The van der Waals surface area contributed by atoms with Crippen LogP contribution in [0.5, 0.6) is 0 Å². The fourth-order valence-electron chi connectivity index (χ4n) is 3.01. The lowest BCUT2D eigenvalue weighted by Crippen LogP contribution is -2.21. The van der Waals surface area contributed by atoms with Crippen LogP contribution in [0, 0.1) is 11.8 Å². The molecular formula is C20H30O2. The van der Waals surface area contributed by atoms with Gasteiger partial charge in [-0.1, -0.05) is 37.6 Å². The van der Waals surface area contributed by atoms with E-state index in [9.17, 15) is 5.11 Å². The van der Waals surface area contributed by atoms with Crippen molar-refractivity contribution in [1.29, 1.82) is 0 Å². The number of aliphatic hydroxyl groups is 1. The molecule has 0 fully saturated rings. The summed E-state index contributed by atoms with van der Waals surface area (Å²) in [5.74, 6) is 2.11. The van der Waals surface area contributed by atoms with Gasteiger partial charge in [-0.15, -0.1) is 0 Å². The Bertz CT molecular complexity index is 532. The van der Waals surface area contributed by atoms with Gasteiger partial charge in [-0.05, 0) is 63.0 Å². The first-order valence-corrected chi connectivity index (χ1v) is 8.49. The van der Waals surface area contributed by atoms with Crippen LogP contribution >= 0.6 is 0 Å². The highest BCUT2D eigenvalue weighted by molar-refractivity contribution is 5.18. The summed E-state index contributed by atoms with van der Waals surface area (Å²) in [4.78, 5) is 0. The first-order chi connectivity index (χ1) is 10.4. The van der Waals surface area contributed by atoms with Crippen molar-refractivity contribution >= 4 is 0 Å². The third kappa shape index (κ3) is 5.17. The zero-order valence-corrected chi connectivity index (χ0v) is 14.4. The number of fused-ring (bicyclic) bond motifs is 2. The quantitative estimate of drug-likeness (QED) is 0.734. The topological polar surface area (TPSA) is 33.4 Å². The maximum Gasteiger partial charge on any atom is 0.108 e. The molecule has 0 saturated heterocycles. The summed E-state index contributed by atoms with van der Waals surface area (Å²) in [6.07, 6.45) is 13.0. The molecule has 1 aromatic heterocycles. The van der Waals surface area contributed by atoms with Crippen molar-refractivity contribution in [2.75, 3.05) is 0 Å². The molecule has 22 heavy (non-hydrogen) atoms. The summed E-state index contributed by atoms with van der Waals surface area (Å²) >= 11 is 0. The molecule has 1 heterocycles. The van der Waals surface area contributed by atoms with Gasteiger partial charge in [0.15, 0.2) is 0 Å². The van der Waals surface area contributed by atoms with Gasteiger partial charge in [-0.25, -0.2) is 0 Å². The number of aryl methyl sites for hydroxylation is 1. The second-order valence-corrected chi connectivity index (χ2v) is 7.35. The molecule has 1 aromatic rings. The van der Waals surface area contributed by atoms with E-state index in [2.05, 4.69) is 39.0 Å². The number of allylic oxidation sites excluding steroid dienone is 3. The smallest absolute Gasteiger partial charge is 0.108 e. The summed E-state index contributed by atoms with van der Waals surface area (Å²) in [5.41, 5.74) is 1.87. The average molecular weight is 302 g/mol. The van der Waals surface area contributed by atoms with E-state index in [0.717, 1.165) is 37.9 Å². The van der Waals surface area contributed by atoms with E-state index in [1.54, 1.807) is 0 Å². The molecule has 0 amide bonds. The highest BCUT2D eigenvalue weighted by Crippen LogP contribution is 2.25. The van der Waals surface area contributed by atoms with Crippen LogP contribution in [-0.4, -0.2) is 10.7 Å². The third-order valence-electron chi connectivity index (χ3n) is 4.63. The molecule has 2 nitrogen and oxygen atoms in total. The summed E-state index contributed by atoms with van der Waals surface area (Å²) in [6, 6.07) is 2.19. The molecule has 0 saturated carbocycles. The molecule has 0 radical (unpaired) electrons. The zero-order valence-electron chi connectivity index (χ0n) is 14.4. The number of furan rings is 1. The van der Waals surface area contributed by atoms with E-state index in [1.807, 2.05) is 19.3 Å². The van der Waals surface area contributed by atoms with Gasteiger partial charge < -0.3 is 9.52 Å². The monoisotopic (exact) mass is 302 g/mol. The van der Waals surface area contributed by atoms with Crippen molar-refractivity contribution < 1.29 is 9.52 Å². The van der Waals surface area contributed by atoms with Crippen LogP contribution in [0.3, 0.4) is 0 Å². The Morgan fingerprint density at radius 2 is 2.14 bits per heavy atom. The van der Waals surface area contributed by atoms with Crippen LogP contribution in [0.15, 0.2) is 40.5 Å². The Labute approximate surface area is 134 Å². The van der Waals surface area contributed by atoms with Crippen molar-refractivity contribution in [3.63, 3.8) is 0 Å². The van der Waals surface area contributed by atoms with Gasteiger partial charge in [-0.3, -0.25) is 0 Å². The van der Waals surface area contributed by atoms with Gasteiger partial charge in [-0.2, -0.15) is 0 Å². The summed E-state index contributed by atoms with van der Waals surface area (Å²) in [5, 5.41) is 10.5. The molecule has 0 aliphatic heterocycles. The normalized spacial score (nSPS) is 31.4. The van der Waals surface area contributed by atoms with Gasteiger partial charge in [0.25, 0.3) is 0 Å². The van der Waals surface area contributed by atoms with Crippen molar-refractivity contribution in [2.24, 2.45) is 11.8 Å². The number of rotatable bonds is 1. The van der Waals surface area contributed by atoms with Crippen LogP contribution in [-0.2, 0) is 12.8 Å². The van der Waals surface area contributed by atoms with Crippen molar-refractivity contribution in [3.05, 3.63) is 47.5 Å². The highest BCUT2D eigenvalue weighted by atomic mass is 16.3. The van der Waals surface area contributed by atoms with Crippen LogP contribution in [0.1, 0.15) is 58.3 Å². The van der Waals surface area contributed by atoms with Gasteiger partial charge in [0.05, 0.1) is 11.9 Å². The van der Waals surface area contributed by atoms with Gasteiger partial charge in [0.2, 0.25) is 0 Å². The Balaban J connectivity index is 2.21. The van der Waals surface area contributed by atoms with E-state index in [-0.39, 0.29) is 0 Å². The van der Waals surface area contributed by atoms with Crippen LogP contribution < -0.4 is 0 Å². The molecule has 1 N–H and O–H groups in total. The molecular weight excluding hydrogens is 272 g/mol. The molecule has 2 rings (SSSR count). The fourth-order valence-corrected chi connectivity index (χ4v) is 3.01. The van der Waals surface area contributed by atoms with E-state index in [1.165, 1.54) is 11.1 Å². The van der Waals surface area contributed by atoms with Gasteiger partial charge >= 0.3 is 0 Å². The second-order valence-electron chi connectivity index (χ2n) is 7.35. The summed E-state index contributed by atoms with van der Waals surface area (Å²) in [7, 11) is 0. The standard InChI is InChI=1S/C20H30O2/c1-15(2)18-8-7-17-13-19(22-14-17)12-16(3)6-5-10-20(4,21)11-9-18/h6,9,11,13-15,18,21H,5,7-8,10,12H2,1-4H3/b11-9+,16-6+/t18-,20+/m1/s1. The molecule has 122 valence electrons. The van der Waals surface area contributed by atoms with E-state index < -0.39 is 5.60 Å². The first-order valence-electron chi connectivity index (χ1n) is 8.49. The molecule has 2 heteroatoms. The molecule has 0 aromatic carbocycles. The number of hydrogen-bond donors (Lipinski definition) is 1. The minimum Gasteiger partial charge on any atom is -0.469 e. The zero-order chi connectivity index (χ0) is 16.2. The van der Waals surface area contributed by atoms with Gasteiger partial charge in [0.1, 0.15) is 5.76 Å². The Hall–Kier alpha value is -1.28. The molecule has 0 unspecified atom stereocenters. The van der Waals surface area contributed by atoms with Crippen molar-refractivity contribution in [3.8, 4) is 0 Å². The summed E-state index contributed by atoms with van der Waals surface area (Å²) < 4.78 is 5.69. The lowest BCUT2D eigenvalue weighted by Gasteiger charge is -2.22. The average Bonchev–Trinajstić information content (AvgIpc) is 2.84. The summed E-state index contributed by atoms with van der Waals surface area (Å²) in [6.45, 7) is 8.54.